The van der Waals surface area contributed by atoms with E-state index in [0.717, 1.165) is 0 Å². The summed E-state index contributed by atoms with van der Waals surface area (Å²) in [5, 5.41) is 12.0. The first kappa shape index (κ1) is 15.0. The summed E-state index contributed by atoms with van der Waals surface area (Å²) in [5.74, 6) is 0.438. The van der Waals surface area contributed by atoms with Crippen LogP contribution in [0.3, 0.4) is 0 Å². The van der Waals surface area contributed by atoms with Gasteiger partial charge in [0, 0.05) is 26.0 Å². The van der Waals surface area contributed by atoms with E-state index >= 15 is 0 Å². The summed E-state index contributed by atoms with van der Waals surface area (Å²) in [6, 6.07) is 3.51. The van der Waals surface area contributed by atoms with Gasteiger partial charge in [-0.2, -0.15) is 0 Å². The summed E-state index contributed by atoms with van der Waals surface area (Å²) < 4.78 is 8.98. The second kappa shape index (κ2) is 5.84. The highest BCUT2D eigenvalue weighted by molar-refractivity contribution is 6.30. The van der Waals surface area contributed by atoms with Crippen molar-refractivity contribution in [3.63, 3.8) is 0 Å². The fourth-order valence-electron chi connectivity index (χ4n) is 2.73. The molecule has 0 saturated carbocycles. The zero-order valence-electron chi connectivity index (χ0n) is 12.8. The van der Waals surface area contributed by atoms with Gasteiger partial charge in [0.2, 0.25) is 0 Å². The van der Waals surface area contributed by atoms with Crippen LogP contribution in [0.25, 0.3) is 5.65 Å². The van der Waals surface area contributed by atoms with Gasteiger partial charge in [0.25, 0.3) is 5.91 Å². The molecule has 24 heavy (non-hydrogen) atoms. The third-order valence-electron chi connectivity index (χ3n) is 3.93. The van der Waals surface area contributed by atoms with Gasteiger partial charge in [-0.25, -0.2) is 9.67 Å². The molecule has 0 radical (unpaired) electrons. The Kier molecular flexibility index (Phi) is 3.66. The number of aryl methyl sites for hydroxylation is 1. The summed E-state index contributed by atoms with van der Waals surface area (Å²) in [4.78, 5) is 18.8. The maximum atomic E-state index is 12.8. The lowest BCUT2D eigenvalue weighted by molar-refractivity contribution is -0.0285. The van der Waals surface area contributed by atoms with Crippen LogP contribution in [0.1, 0.15) is 22.4 Å². The largest absolute Gasteiger partial charge is 0.366 e. The predicted molar refractivity (Wildman–Crippen MR) is 83.6 cm³/mol. The highest BCUT2D eigenvalue weighted by Crippen LogP contribution is 2.21. The first-order chi connectivity index (χ1) is 11.6. The molecule has 1 fully saturated rings. The number of morpholine rings is 1. The normalized spacial score (nSPS) is 18.2. The highest BCUT2D eigenvalue weighted by atomic mass is 35.5. The Morgan fingerprint density at radius 2 is 2.25 bits per heavy atom. The maximum Gasteiger partial charge on any atom is 0.274 e. The number of hydrogen-bond acceptors (Lipinski definition) is 6. The Morgan fingerprint density at radius 1 is 1.38 bits per heavy atom. The Hall–Kier alpha value is -2.52. The van der Waals surface area contributed by atoms with Crippen molar-refractivity contribution in [3.8, 4) is 0 Å². The first-order valence-electron chi connectivity index (χ1n) is 7.39. The van der Waals surface area contributed by atoms with Crippen LogP contribution in [0, 0.1) is 0 Å². The zero-order valence-corrected chi connectivity index (χ0v) is 13.6. The fraction of sp³-hybridized carbons (Fsp3) is 0.357. The van der Waals surface area contributed by atoms with Crippen LogP contribution in [-0.4, -0.2) is 60.1 Å². The van der Waals surface area contributed by atoms with Crippen LogP contribution in [-0.2, 0) is 11.8 Å². The molecule has 10 heteroatoms. The second-order valence-corrected chi connectivity index (χ2v) is 5.95. The number of carbonyl (C=O) groups is 1. The molecule has 1 amide bonds. The van der Waals surface area contributed by atoms with Crippen molar-refractivity contribution in [2.24, 2.45) is 7.05 Å². The summed E-state index contributed by atoms with van der Waals surface area (Å²) >= 11 is 5.97. The van der Waals surface area contributed by atoms with Gasteiger partial charge in [-0.15, -0.1) is 5.10 Å². The molecule has 0 spiro atoms. The van der Waals surface area contributed by atoms with E-state index in [1.54, 1.807) is 45.6 Å². The third kappa shape index (κ3) is 2.61. The molecule has 4 heterocycles. The van der Waals surface area contributed by atoms with Crippen LogP contribution in [0.4, 0.5) is 0 Å². The summed E-state index contributed by atoms with van der Waals surface area (Å²) in [6.07, 6.45) is 3.04. The van der Waals surface area contributed by atoms with Gasteiger partial charge in [0.15, 0.2) is 5.82 Å². The van der Waals surface area contributed by atoms with Crippen LogP contribution in [0.2, 0.25) is 5.02 Å². The number of nitrogens with zero attached hydrogens (tertiary/aromatic N) is 7. The van der Waals surface area contributed by atoms with Crippen LogP contribution >= 0.6 is 11.6 Å². The van der Waals surface area contributed by atoms with Gasteiger partial charge in [-0.05, 0) is 22.6 Å². The van der Waals surface area contributed by atoms with Crippen molar-refractivity contribution in [1.82, 2.24) is 34.5 Å². The molecule has 3 aromatic heterocycles. The Bertz CT molecular complexity index is 906. The Balaban J connectivity index is 1.57. The lowest BCUT2D eigenvalue weighted by Crippen LogP contribution is -2.43. The molecule has 0 aromatic carbocycles. The van der Waals surface area contributed by atoms with E-state index in [9.17, 15) is 4.79 Å². The van der Waals surface area contributed by atoms with E-state index < -0.39 is 0 Å². The van der Waals surface area contributed by atoms with Gasteiger partial charge in [-0.1, -0.05) is 11.6 Å². The molecule has 1 saturated heterocycles. The number of pyridine rings is 1. The number of imidazole rings is 1. The van der Waals surface area contributed by atoms with Gasteiger partial charge in [-0.3, -0.25) is 4.79 Å². The molecule has 0 aliphatic carbocycles. The Labute approximate surface area is 141 Å². The average Bonchev–Trinajstić information content (AvgIpc) is 3.20. The molecule has 1 atom stereocenters. The van der Waals surface area contributed by atoms with Gasteiger partial charge < -0.3 is 14.0 Å². The standard InChI is InChI=1S/C14H14ClN7O2/c1-20-13(17-18-19-20)11-8-21(4-5-24-11)14(23)10-7-22-6-9(15)2-3-12(22)16-10/h2-3,6-7,11H,4-5,8H2,1H3. The summed E-state index contributed by atoms with van der Waals surface area (Å²) in [7, 11) is 1.74. The number of tetrazole rings is 1. The summed E-state index contributed by atoms with van der Waals surface area (Å²) in [6.45, 7) is 1.29. The predicted octanol–water partition coefficient (Wildman–Crippen LogP) is 0.725. The third-order valence-corrected chi connectivity index (χ3v) is 4.15. The SMILES string of the molecule is Cn1nnnc1C1CN(C(=O)c2cn3cc(Cl)ccc3n2)CCO1. The van der Waals surface area contributed by atoms with Crippen molar-refractivity contribution in [2.45, 2.75) is 6.10 Å². The van der Waals surface area contributed by atoms with Gasteiger partial charge in [0.05, 0.1) is 18.2 Å². The van der Waals surface area contributed by atoms with E-state index in [1.807, 2.05) is 0 Å². The second-order valence-electron chi connectivity index (χ2n) is 5.51. The number of fused-ring (bicyclic) bond motifs is 1. The Morgan fingerprint density at radius 3 is 3.04 bits per heavy atom. The minimum Gasteiger partial charge on any atom is -0.366 e. The van der Waals surface area contributed by atoms with E-state index in [2.05, 4.69) is 20.5 Å². The molecule has 1 unspecified atom stereocenters. The highest BCUT2D eigenvalue weighted by Gasteiger charge is 2.30. The molecule has 124 valence electrons. The number of carbonyl (C=O) groups excluding carboxylic acids is 1. The maximum absolute atomic E-state index is 12.8. The van der Waals surface area contributed by atoms with E-state index in [-0.39, 0.29) is 12.0 Å². The van der Waals surface area contributed by atoms with Crippen molar-refractivity contribution >= 4 is 23.2 Å². The van der Waals surface area contributed by atoms with E-state index in [1.165, 1.54) is 0 Å². The lowest BCUT2D eigenvalue weighted by Gasteiger charge is -2.31. The first-order valence-corrected chi connectivity index (χ1v) is 7.77. The van der Waals surface area contributed by atoms with Crippen molar-refractivity contribution in [3.05, 3.63) is 41.1 Å². The van der Waals surface area contributed by atoms with Crippen molar-refractivity contribution in [1.29, 1.82) is 0 Å². The van der Waals surface area contributed by atoms with Gasteiger partial charge in [0.1, 0.15) is 17.4 Å². The number of aromatic nitrogens is 6. The number of halogens is 1. The van der Waals surface area contributed by atoms with Crippen molar-refractivity contribution in [2.75, 3.05) is 19.7 Å². The molecule has 4 rings (SSSR count). The molecule has 3 aromatic rings. The van der Waals surface area contributed by atoms with Crippen molar-refractivity contribution < 1.29 is 9.53 Å². The molecule has 9 nitrogen and oxygen atoms in total. The summed E-state index contributed by atoms with van der Waals surface area (Å²) in [5.41, 5.74) is 1.04. The van der Waals surface area contributed by atoms with Crippen LogP contribution in [0.5, 0.6) is 0 Å². The monoisotopic (exact) mass is 347 g/mol. The number of amides is 1. The number of ether oxygens (including phenoxy) is 1. The van der Waals surface area contributed by atoms with Crippen LogP contribution < -0.4 is 0 Å². The quantitative estimate of drug-likeness (QED) is 0.678. The number of rotatable bonds is 2. The lowest BCUT2D eigenvalue weighted by atomic mass is 10.2. The molecule has 1 aliphatic rings. The molecule has 0 bridgehead atoms. The minimum atomic E-state index is -0.353. The number of hydrogen-bond donors (Lipinski definition) is 0. The average molecular weight is 348 g/mol. The fourth-order valence-corrected chi connectivity index (χ4v) is 2.90. The van der Waals surface area contributed by atoms with E-state index in [0.29, 0.717) is 41.9 Å². The van der Waals surface area contributed by atoms with E-state index in [4.69, 9.17) is 16.3 Å². The smallest absolute Gasteiger partial charge is 0.274 e. The molecule has 0 N–H and O–H groups in total. The molecular weight excluding hydrogens is 334 g/mol. The minimum absolute atomic E-state index is 0.154. The van der Waals surface area contributed by atoms with Crippen LogP contribution in [0.15, 0.2) is 24.5 Å². The molecule has 1 aliphatic heterocycles. The van der Waals surface area contributed by atoms with Gasteiger partial charge >= 0.3 is 0 Å². The topological polar surface area (TPSA) is 90.4 Å². The molecular formula is C14H14ClN7O2. The zero-order chi connectivity index (χ0) is 16.7.